The molecule has 2 atom stereocenters. The lowest BCUT2D eigenvalue weighted by atomic mass is 9.91. The Morgan fingerprint density at radius 1 is 0.531 bits per heavy atom. The van der Waals surface area contributed by atoms with E-state index in [4.69, 9.17) is 9.47 Å². The summed E-state index contributed by atoms with van der Waals surface area (Å²) in [6.07, 6.45) is 55.3. The van der Waals surface area contributed by atoms with Crippen molar-refractivity contribution in [1.29, 1.82) is 0 Å². The Hall–Kier alpha value is -0.900. The van der Waals surface area contributed by atoms with Crippen LogP contribution in [0.2, 0.25) is 0 Å². The number of likely N-dealkylation sites (tertiary alicyclic amines) is 1. The Balaban J connectivity index is 1.56. The van der Waals surface area contributed by atoms with Crippen molar-refractivity contribution in [2.45, 2.75) is 225 Å². The summed E-state index contributed by atoms with van der Waals surface area (Å²) in [6.45, 7) is 7.87. The fourth-order valence-electron chi connectivity index (χ4n) is 7.81. The molecule has 0 radical (unpaired) electrons. The maximum atomic E-state index is 6.87. The van der Waals surface area contributed by atoms with Gasteiger partial charge in [-0.05, 0) is 116 Å². The van der Waals surface area contributed by atoms with E-state index in [9.17, 15) is 0 Å². The lowest BCUT2D eigenvalue weighted by Gasteiger charge is -2.31. The molecule has 0 N–H and O–H groups in total. The number of hydrogen-bond donors (Lipinski definition) is 0. The molecule has 0 saturated carbocycles. The van der Waals surface area contributed by atoms with Gasteiger partial charge in [0.25, 0.3) is 0 Å². The second-order valence-electron chi connectivity index (χ2n) is 16.0. The van der Waals surface area contributed by atoms with Gasteiger partial charge in [0.15, 0.2) is 5.79 Å². The predicted octanol–water partition coefficient (Wildman–Crippen LogP) is 14.5. The zero-order chi connectivity index (χ0) is 34.9. The maximum absolute atomic E-state index is 6.87. The van der Waals surface area contributed by atoms with Gasteiger partial charge >= 0.3 is 0 Å². The molecule has 0 aromatic heterocycles. The molecule has 0 aromatic carbocycles. The fraction of sp³-hybridized carbons (Fsp3) is 0.870. The van der Waals surface area contributed by atoms with Crippen molar-refractivity contribution in [3.63, 3.8) is 0 Å². The second-order valence-corrected chi connectivity index (χ2v) is 16.0. The standard InChI is InChI=1S/C46H85NO2/c1-4-6-8-10-12-14-16-18-20-22-24-26-28-30-32-34-38-46(48-43-45(49-46)42-44-36-40-47(3)41-37-44)39-35-33-31-29-27-25-23-21-19-17-15-13-11-9-7-5-2/h12,14,18-21,44-45H,4-11,13,15-17,22-43H2,1-3H3. The number of ether oxygens (including phenoxy) is 2. The minimum atomic E-state index is -0.299. The number of allylic oxidation sites excluding steroid dienone is 6. The highest BCUT2D eigenvalue weighted by molar-refractivity contribution is 4.92. The van der Waals surface area contributed by atoms with Crippen LogP contribution in [0.5, 0.6) is 0 Å². The third-order valence-corrected chi connectivity index (χ3v) is 11.2. The van der Waals surface area contributed by atoms with Gasteiger partial charge in [-0.3, -0.25) is 0 Å². The van der Waals surface area contributed by atoms with Crippen molar-refractivity contribution in [2.75, 3.05) is 26.7 Å². The van der Waals surface area contributed by atoms with Gasteiger partial charge in [0.05, 0.1) is 12.7 Å². The van der Waals surface area contributed by atoms with Gasteiger partial charge in [-0.1, -0.05) is 147 Å². The molecule has 0 aliphatic carbocycles. The molecule has 3 heteroatoms. The molecule has 2 aliphatic rings. The second kappa shape index (κ2) is 31.8. The van der Waals surface area contributed by atoms with Gasteiger partial charge in [-0.25, -0.2) is 0 Å². The molecule has 0 amide bonds. The van der Waals surface area contributed by atoms with Gasteiger partial charge in [0.2, 0.25) is 0 Å². The molecule has 286 valence electrons. The van der Waals surface area contributed by atoms with E-state index >= 15 is 0 Å². The van der Waals surface area contributed by atoms with E-state index < -0.39 is 0 Å². The summed E-state index contributed by atoms with van der Waals surface area (Å²) in [5.41, 5.74) is 0. The average molecular weight is 684 g/mol. The van der Waals surface area contributed by atoms with Crippen molar-refractivity contribution < 1.29 is 9.47 Å². The number of rotatable bonds is 33. The van der Waals surface area contributed by atoms with E-state index in [2.05, 4.69) is 62.3 Å². The third kappa shape index (κ3) is 24.8. The van der Waals surface area contributed by atoms with Crippen molar-refractivity contribution >= 4 is 0 Å². The molecule has 2 saturated heterocycles. The fourth-order valence-corrected chi connectivity index (χ4v) is 7.81. The molecule has 3 nitrogen and oxygen atoms in total. The van der Waals surface area contributed by atoms with E-state index in [1.54, 1.807) is 0 Å². The van der Waals surface area contributed by atoms with Crippen LogP contribution in [0.15, 0.2) is 36.5 Å². The van der Waals surface area contributed by atoms with Gasteiger partial charge in [0, 0.05) is 12.8 Å². The van der Waals surface area contributed by atoms with Crippen molar-refractivity contribution in [3.05, 3.63) is 36.5 Å². The summed E-state index contributed by atoms with van der Waals surface area (Å²) in [5.74, 6) is 0.513. The highest BCUT2D eigenvalue weighted by atomic mass is 16.7. The molecule has 0 aromatic rings. The van der Waals surface area contributed by atoms with Crippen LogP contribution in [0.3, 0.4) is 0 Å². The van der Waals surface area contributed by atoms with Crippen LogP contribution in [0.4, 0.5) is 0 Å². The normalized spacial score (nSPS) is 21.0. The van der Waals surface area contributed by atoms with E-state index in [0.29, 0.717) is 6.10 Å². The quantitative estimate of drug-likeness (QED) is 0.0508. The number of nitrogens with zero attached hydrogens (tertiary/aromatic N) is 1. The SMILES string of the molecule is CCCCCC=CCC=CCCCCCCCCC1(CCCCCCCCC=CCCCCCCCC)OCC(CC2CCN(C)CC2)O1. The molecular weight excluding hydrogens is 599 g/mol. The van der Waals surface area contributed by atoms with Gasteiger partial charge < -0.3 is 14.4 Å². The first-order valence-corrected chi connectivity index (χ1v) is 22.1. The molecule has 2 heterocycles. The predicted molar refractivity (Wildman–Crippen MR) is 216 cm³/mol. The first kappa shape index (κ1) is 44.3. The van der Waals surface area contributed by atoms with Crippen LogP contribution in [-0.2, 0) is 9.47 Å². The van der Waals surface area contributed by atoms with E-state index in [1.807, 2.05) is 0 Å². The minimum absolute atomic E-state index is 0.299. The highest BCUT2D eigenvalue weighted by Crippen LogP contribution is 2.37. The molecule has 2 rings (SSSR count). The Morgan fingerprint density at radius 3 is 1.45 bits per heavy atom. The average Bonchev–Trinajstić information content (AvgIpc) is 3.51. The summed E-state index contributed by atoms with van der Waals surface area (Å²) in [6, 6.07) is 0. The van der Waals surface area contributed by atoms with E-state index in [0.717, 1.165) is 31.8 Å². The Morgan fingerprint density at radius 2 is 0.939 bits per heavy atom. The summed E-state index contributed by atoms with van der Waals surface area (Å²) in [5, 5.41) is 0. The van der Waals surface area contributed by atoms with Gasteiger partial charge in [-0.2, -0.15) is 0 Å². The largest absolute Gasteiger partial charge is 0.347 e. The maximum Gasteiger partial charge on any atom is 0.168 e. The molecule has 0 spiro atoms. The van der Waals surface area contributed by atoms with Crippen LogP contribution in [0, 0.1) is 5.92 Å². The molecule has 2 aliphatic heterocycles. The molecule has 49 heavy (non-hydrogen) atoms. The third-order valence-electron chi connectivity index (χ3n) is 11.2. The van der Waals surface area contributed by atoms with Crippen LogP contribution in [-0.4, -0.2) is 43.5 Å². The first-order valence-electron chi connectivity index (χ1n) is 22.1. The summed E-state index contributed by atoms with van der Waals surface area (Å²) in [4.78, 5) is 2.48. The van der Waals surface area contributed by atoms with Crippen LogP contribution < -0.4 is 0 Å². The zero-order valence-electron chi connectivity index (χ0n) is 33.4. The Bertz CT molecular complexity index is 797. The van der Waals surface area contributed by atoms with Gasteiger partial charge in [0.1, 0.15) is 0 Å². The lowest BCUT2D eigenvalue weighted by Crippen LogP contribution is -2.33. The molecular formula is C46H85NO2. The lowest BCUT2D eigenvalue weighted by molar-refractivity contribution is -0.181. The molecule has 2 fully saturated rings. The summed E-state index contributed by atoms with van der Waals surface area (Å²) >= 11 is 0. The smallest absolute Gasteiger partial charge is 0.168 e. The number of piperidine rings is 1. The van der Waals surface area contributed by atoms with Crippen molar-refractivity contribution in [3.8, 4) is 0 Å². The summed E-state index contributed by atoms with van der Waals surface area (Å²) in [7, 11) is 2.26. The van der Waals surface area contributed by atoms with Crippen LogP contribution in [0.1, 0.15) is 213 Å². The number of hydrogen-bond acceptors (Lipinski definition) is 3. The van der Waals surface area contributed by atoms with Crippen molar-refractivity contribution in [2.24, 2.45) is 5.92 Å². The number of unbranched alkanes of at least 4 members (excludes halogenated alkanes) is 21. The highest BCUT2D eigenvalue weighted by Gasteiger charge is 2.41. The topological polar surface area (TPSA) is 21.7 Å². The Labute approximate surface area is 307 Å². The summed E-state index contributed by atoms with van der Waals surface area (Å²) < 4.78 is 13.5. The van der Waals surface area contributed by atoms with Crippen molar-refractivity contribution in [1.82, 2.24) is 4.90 Å². The van der Waals surface area contributed by atoms with Gasteiger partial charge in [-0.15, -0.1) is 0 Å². The van der Waals surface area contributed by atoms with Crippen LogP contribution in [0.25, 0.3) is 0 Å². The molecule has 2 unspecified atom stereocenters. The zero-order valence-corrected chi connectivity index (χ0v) is 33.4. The van der Waals surface area contributed by atoms with Crippen LogP contribution >= 0.6 is 0 Å². The Kier molecular flexibility index (Phi) is 28.7. The molecule has 0 bridgehead atoms. The first-order chi connectivity index (χ1) is 24.2. The monoisotopic (exact) mass is 684 g/mol. The van der Waals surface area contributed by atoms with E-state index in [1.165, 1.54) is 193 Å². The minimum Gasteiger partial charge on any atom is -0.347 e. The van der Waals surface area contributed by atoms with E-state index in [-0.39, 0.29) is 5.79 Å².